The van der Waals surface area contributed by atoms with Crippen molar-refractivity contribution in [2.45, 2.75) is 53.0 Å². The molecular weight excluding hydrogens is 472 g/mol. The van der Waals surface area contributed by atoms with Crippen LogP contribution >= 0.6 is 0 Å². The third-order valence-corrected chi connectivity index (χ3v) is 7.79. The van der Waals surface area contributed by atoms with E-state index < -0.39 is 17.7 Å². The van der Waals surface area contributed by atoms with Crippen LogP contribution < -0.4 is 4.90 Å². The minimum absolute atomic E-state index is 0.110. The van der Waals surface area contributed by atoms with Crippen molar-refractivity contribution in [2.24, 2.45) is 7.05 Å². The molecule has 1 aromatic heterocycles. The molecule has 3 aromatic carbocycles. The number of para-hydroxylation sites is 1. The minimum atomic E-state index is -0.777. The van der Waals surface area contributed by atoms with E-state index in [0.29, 0.717) is 11.3 Å². The van der Waals surface area contributed by atoms with Crippen LogP contribution in [0.4, 0.5) is 5.69 Å². The largest absolute Gasteiger partial charge is 0.507 e. The lowest BCUT2D eigenvalue weighted by atomic mass is 9.84. The van der Waals surface area contributed by atoms with Gasteiger partial charge in [-0.3, -0.25) is 14.5 Å². The Morgan fingerprint density at radius 1 is 0.868 bits per heavy atom. The van der Waals surface area contributed by atoms with Gasteiger partial charge in [0.2, 0.25) is 0 Å². The first-order chi connectivity index (χ1) is 17.9. The second-order valence-electron chi connectivity index (χ2n) is 11.4. The number of aliphatic hydroxyl groups excluding tert-OH is 1. The van der Waals surface area contributed by atoms with Crippen molar-refractivity contribution < 1.29 is 14.7 Å². The van der Waals surface area contributed by atoms with Gasteiger partial charge in [-0.05, 0) is 72.7 Å². The minimum Gasteiger partial charge on any atom is -0.507 e. The zero-order valence-corrected chi connectivity index (χ0v) is 23.1. The summed E-state index contributed by atoms with van der Waals surface area (Å²) in [6.45, 7) is 12.2. The summed E-state index contributed by atoms with van der Waals surface area (Å²) < 4.78 is 2.00. The average Bonchev–Trinajstić information content (AvgIpc) is 3.33. The number of anilines is 1. The molecule has 1 fully saturated rings. The predicted octanol–water partition coefficient (Wildman–Crippen LogP) is 7.03. The Hall–Kier alpha value is -4.12. The zero-order chi connectivity index (χ0) is 27.5. The van der Waals surface area contributed by atoms with E-state index in [9.17, 15) is 14.7 Å². The second-order valence-corrected chi connectivity index (χ2v) is 11.4. The van der Waals surface area contributed by atoms with Gasteiger partial charge in [0.25, 0.3) is 11.7 Å². The van der Waals surface area contributed by atoms with E-state index in [4.69, 9.17) is 0 Å². The molecule has 0 radical (unpaired) electrons. The Balaban J connectivity index is 1.83. The Morgan fingerprint density at radius 2 is 1.55 bits per heavy atom. The van der Waals surface area contributed by atoms with Gasteiger partial charge in [0, 0.05) is 41.0 Å². The maximum atomic E-state index is 13.8. The topological polar surface area (TPSA) is 62.5 Å². The highest BCUT2D eigenvalue weighted by Crippen LogP contribution is 2.45. The normalized spacial score (nSPS) is 17.6. The van der Waals surface area contributed by atoms with Crippen molar-refractivity contribution in [3.05, 3.63) is 106 Å². The van der Waals surface area contributed by atoms with Gasteiger partial charge < -0.3 is 9.67 Å². The molecule has 1 aliphatic heterocycles. The maximum absolute atomic E-state index is 13.8. The van der Waals surface area contributed by atoms with Crippen LogP contribution in [0.5, 0.6) is 0 Å². The molecule has 2 heterocycles. The fraction of sp³-hybridized carbons (Fsp3) is 0.273. The number of amides is 1. The van der Waals surface area contributed by atoms with E-state index in [1.54, 1.807) is 4.90 Å². The van der Waals surface area contributed by atoms with Gasteiger partial charge in [0.15, 0.2) is 0 Å². The van der Waals surface area contributed by atoms with E-state index in [0.717, 1.165) is 38.7 Å². The summed E-state index contributed by atoms with van der Waals surface area (Å²) >= 11 is 0. The van der Waals surface area contributed by atoms with Crippen molar-refractivity contribution in [3.63, 3.8) is 0 Å². The first-order valence-corrected chi connectivity index (χ1v) is 12.9. The number of aromatic nitrogens is 1. The lowest BCUT2D eigenvalue weighted by Crippen LogP contribution is -2.29. The highest BCUT2D eigenvalue weighted by atomic mass is 16.3. The van der Waals surface area contributed by atoms with Gasteiger partial charge in [-0.15, -0.1) is 0 Å². The Labute approximate surface area is 224 Å². The number of hydrogen-bond donors (Lipinski definition) is 1. The summed E-state index contributed by atoms with van der Waals surface area (Å²) in [5.41, 5.74) is 6.94. The molecule has 194 valence electrons. The summed E-state index contributed by atoms with van der Waals surface area (Å²) in [5, 5.41) is 12.8. The van der Waals surface area contributed by atoms with Gasteiger partial charge in [0.1, 0.15) is 5.76 Å². The van der Waals surface area contributed by atoms with Gasteiger partial charge in [-0.1, -0.05) is 57.2 Å². The summed E-state index contributed by atoms with van der Waals surface area (Å²) in [7, 11) is 1.95. The van der Waals surface area contributed by atoms with Crippen LogP contribution in [0.1, 0.15) is 60.2 Å². The van der Waals surface area contributed by atoms with E-state index >= 15 is 0 Å². The SMILES string of the molecule is Cc1ccc(N2C(=O)C(=O)/C(=C(/O)c3cc(C(C)(C)C)ccc3C)C2c2cn(C)c3ccccc23)cc1C. The van der Waals surface area contributed by atoms with Crippen LogP contribution in [-0.4, -0.2) is 21.4 Å². The first-order valence-electron chi connectivity index (χ1n) is 12.9. The zero-order valence-electron chi connectivity index (χ0n) is 23.1. The fourth-order valence-electron chi connectivity index (χ4n) is 5.35. The number of fused-ring (bicyclic) bond motifs is 1. The summed E-state index contributed by atoms with van der Waals surface area (Å²) in [4.78, 5) is 29.0. The summed E-state index contributed by atoms with van der Waals surface area (Å²) in [6, 6.07) is 18.9. The Morgan fingerprint density at radius 3 is 2.24 bits per heavy atom. The van der Waals surface area contributed by atoms with Crippen LogP contribution in [-0.2, 0) is 22.1 Å². The smallest absolute Gasteiger partial charge is 0.300 e. The van der Waals surface area contributed by atoms with Crippen molar-refractivity contribution in [2.75, 3.05) is 4.90 Å². The molecule has 5 heteroatoms. The second kappa shape index (κ2) is 9.02. The molecular formula is C33H34N2O3. The monoisotopic (exact) mass is 506 g/mol. The van der Waals surface area contributed by atoms with Crippen LogP contribution in [0.25, 0.3) is 16.7 Å². The Kier molecular flexibility index (Phi) is 6.06. The molecule has 1 N–H and O–H groups in total. The molecule has 0 spiro atoms. The molecule has 5 rings (SSSR count). The quantitative estimate of drug-likeness (QED) is 0.184. The number of hydrogen-bond acceptors (Lipinski definition) is 3. The van der Waals surface area contributed by atoms with Crippen LogP contribution in [0.3, 0.4) is 0 Å². The number of nitrogens with zero attached hydrogens (tertiary/aromatic N) is 2. The van der Waals surface area contributed by atoms with E-state index in [-0.39, 0.29) is 16.7 Å². The maximum Gasteiger partial charge on any atom is 0.300 e. The lowest BCUT2D eigenvalue weighted by Gasteiger charge is -2.26. The standard InChI is InChI=1S/C33H34N2O3/c1-19-13-15-23(16-21(19)3)35-29(26-18-34(7)27-11-9-8-10-24(26)27)28(31(37)32(35)38)30(36)25-17-22(33(4,5)6)14-12-20(25)2/h8-18,29,36H,1-7H3/b30-28+. The highest BCUT2D eigenvalue weighted by Gasteiger charge is 2.48. The number of rotatable bonds is 3. The number of aliphatic hydroxyl groups is 1. The molecule has 0 aliphatic carbocycles. The van der Waals surface area contributed by atoms with Gasteiger partial charge >= 0.3 is 0 Å². The first kappa shape index (κ1) is 25.5. The lowest BCUT2D eigenvalue weighted by molar-refractivity contribution is -0.132. The Bertz CT molecular complexity index is 1650. The molecule has 38 heavy (non-hydrogen) atoms. The van der Waals surface area contributed by atoms with E-state index in [2.05, 4.69) is 20.8 Å². The number of aryl methyl sites for hydroxylation is 4. The molecule has 0 saturated carbocycles. The molecule has 0 bridgehead atoms. The summed E-state index contributed by atoms with van der Waals surface area (Å²) in [6.07, 6.45) is 1.96. The molecule has 5 nitrogen and oxygen atoms in total. The third kappa shape index (κ3) is 4.03. The highest BCUT2D eigenvalue weighted by molar-refractivity contribution is 6.52. The molecule has 4 aromatic rings. The number of carbonyl (C=O) groups excluding carboxylic acids is 2. The summed E-state index contributed by atoms with van der Waals surface area (Å²) in [5.74, 6) is -1.46. The van der Waals surface area contributed by atoms with Gasteiger partial charge in [0.05, 0.1) is 11.6 Å². The van der Waals surface area contributed by atoms with Crippen molar-refractivity contribution >= 4 is 34.0 Å². The van der Waals surface area contributed by atoms with Crippen LogP contribution in [0.2, 0.25) is 0 Å². The molecule has 1 amide bonds. The molecule has 1 aliphatic rings. The average molecular weight is 507 g/mol. The number of carbonyl (C=O) groups is 2. The van der Waals surface area contributed by atoms with Crippen LogP contribution in [0.15, 0.2) is 72.4 Å². The number of benzene rings is 3. The van der Waals surface area contributed by atoms with E-state index in [1.807, 2.05) is 99.2 Å². The predicted molar refractivity (Wildman–Crippen MR) is 153 cm³/mol. The number of ketones is 1. The van der Waals surface area contributed by atoms with E-state index in [1.165, 1.54) is 0 Å². The molecule has 1 atom stereocenters. The van der Waals surface area contributed by atoms with Crippen molar-refractivity contribution in [1.29, 1.82) is 0 Å². The van der Waals surface area contributed by atoms with Crippen molar-refractivity contribution in [3.8, 4) is 0 Å². The molecule has 1 unspecified atom stereocenters. The van der Waals surface area contributed by atoms with Crippen molar-refractivity contribution in [1.82, 2.24) is 4.57 Å². The van der Waals surface area contributed by atoms with Crippen LogP contribution in [0, 0.1) is 20.8 Å². The fourth-order valence-corrected chi connectivity index (χ4v) is 5.35. The third-order valence-electron chi connectivity index (χ3n) is 7.79. The number of Topliss-reactive ketones (excluding diaryl/α,β-unsaturated/α-hetero) is 1. The molecule has 1 saturated heterocycles. The van der Waals surface area contributed by atoms with Gasteiger partial charge in [-0.2, -0.15) is 0 Å². The van der Waals surface area contributed by atoms with Gasteiger partial charge in [-0.25, -0.2) is 0 Å².